The van der Waals surface area contributed by atoms with E-state index in [1.807, 2.05) is 19.1 Å². The van der Waals surface area contributed by atoms with E-state index in [1.54, 1.807) is 53.7 Å². The molecule has 0 bridgehead atoms. The van der Waals surface area contributed by atoms with Gasteiger partial charge in [0.1, 0.15) is 11.2 Å². The number of piperidine rings is 1. The number of thiazole rings is 1. The smallest absolute Gasteiger partial charge is 0.414 e. The van der Waals surface area contributed by atoms with Crippen molar-refractivity contribution in [3.05, 3.63) is 40.4 Å². The molecule has 0 saturated carbocycles. The molecule has 1 aliphatic heterocycles. The lowest BCUT2D eigenvalue weighted by molar-refractivity contribution is -0.150. The number of benzene rings is 1. The van der Waals surface area contributed by atoms with Gasteiger partial charge in [-0.1, -0.05) is 12.1 Å². The fourth-order valence-electron chi connectivity index (χ4n) is 4.78. The van der Waals surface area contributed by atoms with E-state index in [9.17, 15) is 19.2 Å². The Morgan fingerprint density at radius 3 is 2.15 bits per heavy atom. The van der Waals surface area contributed by atoms with Gasteiger partial charge in [-0.25, -0.2) is 19.6 Å². The molecule has 1 aliphatic rings. The number of ether oxygens (including phenoxy) is 3. The van der Waals surface area contributed by atoms with E-state index in [0.29, 0.717) is 43.4 Å². The number of rotatable bonds is 9. The van der Waals surface area contributed by atoms with Crippen LogP contribution < -0.4 is 16.0 Å². The van der Waals surface area contributed by atoms with Gasteiger partial charge in [0.2, 0.25) is 11.9 Å². The number of hydrogen-bond acceptors (Lipinski definition) is 11. The number of amides is 3. The minimum atomic E-state index is -0.775. The van der Waals surface area contributed by atoms with Crippen LogP contribution in [0.2, 0.25) is 0 Å². The first-order valence-electron chi connectivity index (χ1n) is 15.8. The van der Waals surface area contributed by atoms with E-state index >= 15 is 0 Å². The molecule has 2 heterocycles. The average molecular weight is 673 g/mol. The number of esters is 1. The number of anilines is 1. The molecule has 13 nitrogen and oxygen atoms in total. The van der Waals surface area contributed by atoms with Crippen molar-refractivity contribution in [3.63, 3.8) is 0 Å². The minimum absolute atomic E-state index is 0.137. The van der Waals surface area contributed by atoms with E-state index in [2.05, 4.69) is 25.8 Å². The van der Waals surface area contributed by atoms with Crippen LogP contribution in [0.15, 0.2) is 29.3 Å². The topological polar surface area (TPSA) is 161 Å². The zero-order valence-electron chi connectivity index (χ0n) is 28.7. The van der Waals surface area contributed by atoms with Crippen LogP contribution in [0.25, 0.3) is 0 Å². The molecule has 0 aliphatic carbocycles. The number of nitrogens with zero attached hydrogens (tertiary/aromatic N) is 3. The lowest BCUT2D eigenvalue weighted by atomic mass is 9.98. The van der Waals surface area contributed by atoms with Gasteiger partial charge in [-0.2, -0.15) is 0 Å². The summed E-state index contributed by atoms with van der Waals surface area (Å²) in [4.78, 5) is 61.4. The van der Waals surface area contributed by atoms with Crippen molar-refractivity contribution in [3.8, 4) is 0 Å². The summed E-state index contributed by atoms with van der Waals surface area (Å²) < 4.78 is 15.9. The number of likely N-dealkylation sites (tertiary alicyclic amines) is 1. The lowest BCUT2D eigenvalue weighted by Gasteiger charge is -2.31. The average Bonchev–Trinajstić information content (AvgIpc) is 3.30. The highest BCUT2D eigenvalue weighted by atomic mass is 32.1. The third-order valence-electron chi connectivity index (χ3n) is 6.62. The van der Waals surface area contributed by atoms with Crippen molar-refractivity contribution in [1.29, 1.82) is 0 Å². The SMILES string of the molecule is CCOC(=O)[C@H]1CCCN(Cc2sc(NC(C)=O)nc2CCc2ccc(N=C(NC(=O)OC(C)(C)C)NC(=O)OC(C)(C)C)cc2)C1. The summed E-state index contributed by atoms with van der Waals surface area (Å²) in [7, 11) is 0. The minimum Gasteiger partial charge on any atom is -0.466 e. The fourth-order valence-corrected chi connectivity index (χ4v) is 5.87. The maximum Gasteiger partial charge on any atom is 0.414 e. The Morgan fingerprint density at radius 2 is 1.60 bits per heavy atom. The Morgan fingerprint density at radius 1 is 0.979 bits per heavy atom. The summed E-state index contributed by atoms with van der Waals surface area (Å²) in [5, 5.41) is 8.32. The first-order chi connectivity index (χ1) is 22.0. The number of aromatic nitrogens is 1. The van der Waals surface area contributed by atoms with Gasteiger partial charge in [-0.05, 0) is 98.4 Å². The monoisotopic (exact) mass is 672 g/mol. The van der Waals surface area contributed by atoms with Gasteiger partial charge in [0, 0.05) is 24.9 Å². The maximum atomic E-state index is 12.4. The second-order valence-electron chi connectivity index (χ2n) is 13.3. The summed E-state index contributed by atoms with van der Waals surface area (Å²) in [6, 6.07) is 7.37. The highest BCUT2D eigenvalue weighted by Gasteiger charge is 2.28. The predicted octanol–water partition coefficient (Wildman–Crippen LogP) is 5.70. The molecule has 0 radical (unpaired) electrons. The summed E-state index contributed by atoms with van der Waals surface area (Å²) in [5.74, 6) is -0.617. The highest BCUT2D eigenvalue weighted by molar-refractivity contribution is 7.15. The fraction of sp³-hybridized carbons (Fsp3) is 0.576. The highest BCUT2D eigenvalue weighted by Crippen LogP contribution is 2.28. The second-order valence-corrected chi connectivity index (χ2v) is 14.4. The van der Waals surface area contributed by atoms with Crippen LogP contribution in [0.1, 0.15) is 84.4 Å². The molecule has 1 saturated heterocycles. The number of alkyl carbamates (subject to hydrolysis) is 2. The Bertz CT molecular complexity index is 1390. The molecule has 1 aromatic heterocycles. The van der Waals surface area contributed by atoms with E-state index in [0.717, 1.165) is 35.5 Å². The third kappa shape index (κ3) is 13.7. The molecular formula is C33H48N6O7S. The molecule has 1 aromatic carbocycles. The molecule has 47 heavy (non-hydrogen) atoms. The second kappa shape index (κ2) is 16.7. The van der Waals surface area contributed by atoms with Crippen molar-refractivity contribution in [2.75, 3.05) is 25.0 Å². The molecule has 2 aromatic rings. The van der Waals surface area contributed by atoms with Crippen molar-refractivity contribution >= 4 is 52.2 Å². The van der Waals surface area contributed by atoms with E-state index < -0.39 is 23.4 Å². The van der Waals surface area contributed by atoms with E-state index in [1.165, 1.54) is 18.3 Å². The molecule has 3 N–H and O–H groups in total. The Balaban J connectivity index is 1.72. The van der Waals surface area contributed by atoms with Gasteiger partial charge in [0.25, 0.3) is 0 Å². The van der Waals surface area contributed by atoms with Crippen molar-refractivity contribution in [1.82, 2.24) is 20.5 Å². The largest absolute Gasteiger partial charge is 0.466 e. The Labute approximate surface area is 280 Å². The number of carbonyl (C=O) groups excluding carboxylic acids is 4. The Kier molecular flexibility index (Phi) is 13.3. The van der Waals surface area contributed by atoms with Gasteiger partial charge in [0.05, 0.1) is 23.9 Å². The van der Waals surface area contributed by atoms with Crippen LogP contribution in [0, 0.1) is 5.92 Å². The Hall–Kier alpha value is -4.04. The third-order valence-corrected chi connectivity index (χ3v) is 7.62. The van der Waals surface area contributed by atoms with Gasteiger partial charge in [0.15, 0.2) is 5.13 Å². The summed E-state index contributed by atoms with van der Waals surface area (Å²) in [6.45, 7) is 16.2. The molecule has 1 fully saturated rings. The van der Waals surface area contributed by atoms with Crippen LogP contribution in [-0.2, 0) is 43.2 Å². The maximum absolute atomic E-state index is 12.4. The number of guanidine groups is 1. The number of hydrogen-bond donors (Lipinski definition) is 3. The first-order valence-corrected chi connectivity index (χ1v) is 16.6. The van der Waals surface area contributed by atoms with Crippen LogP contribution in [0.4, 0.5) is 20.4 Å². The summed E-state index contributed by atoms with van der Waals surface area (Å²) >= 11 is 1.45. The van der Waals surface area contributed by atoms with Crippen molar-refractivity contribution < 1.29 is 33.4 Å². The lowest BCUT2D eigenvalue weighted by Crippen LogP contribution is -2.47. The zero-order chi connectivity index (χ0) is 34.8. The predicted molar refractivity (Wildman–Crippen MR) is 181 cm³/mol. The number of carbonyl (C=O) groups is 4. The van der Waals surface area contributed by atoms with Crippen LogP contribution in [-0.4, -0.2) is 70.8 Å². The normalized spacial score (nSPS) is 15.3. The van der Waals surface area contributed by atoms with Gasteiger partial charge in [-0.15, -0.1) is 11.3 Å². The van der Waals surface area contributed by atoms with Crippen molar-refractivity contribution in [2.24, 2.45) is 10.9 Å². The van der Waals surface area contributed by atoms with E-state index in [-0.39, 0.29) is 23.8 Å². The molecule has 3 rings (SSSR count). The molecule has 1 atom stereocenters. The quantitative estimate of drug-likeness (QED) is 0.131. The van der Waals surface area contributed by atoms with Crippen LogP contribution in [0.5, 0.6) is 0 Å². The summed E-state index contributed by atoms with van der Waals surface area (Å²) in [5.41, 5.74) is 0.901. The zero-order valence-corrected chi connectivity index (χ0v) is 29.5. The number of nitrogens with one attached hydrogen (secondary N) is 3. The van der Waals surface area contributed by atoms with Gasteiger partial charge < -0.3 is 19.5 Å². The number of aryl methyl sites for hydroxylation is 2. The molecule has 0 spiro atoms. The van der Waals surface area contributed by atoms with Crippen LogP contribution >= 0.6 is 11.3 Å². The van der Waals surface area contributed by atoms with Gasteiger partial charge in [-0.3, -0.25) is 25.1 Å². The van der Waals surface area contributed by atoms with Crippen molar-refractivity contribution in [2.45, 2.75) is 98.8 Å². The molecule has 0 unspecified atom stereocenters. The van der Waals surface area contributed by atoms with Gasteiger partial charge >= 0.3 is 18.2 Å². The summed E-state index contributed by atoms with van der Waals surface area (Å²) in [6.07, 6.45) is 1.48. The van der Waals surface area contributed by atoms with Crippen LogP contribution in [0.3, 0.4) is 0 Å². The molecule has 3 amide bonds. The molecule has 14 heteroatoms. The van der Waals surface area contributed by atoms with E-state index in [4.69, 9.17) is 19.2 Å². The molecular weight excluding hydrogens is 624 g/mol. The molecule has 258 valence electrons. The number of aliphatic imine (C=N–C) groups is 1. The standard InChI is InChI=1S/C33H48N6O7S/c1-9-44-27(41)23-11-10-18-39(19-23)20-26-25(36-29(47-26)34-21(2)40)17-14-22-12-15-24(16-13-22)35-28(37-30(42)45-32(3,4)5)38-31(43)46-33(6,7)8/h12-13,15-16,23H,9-11,14,17-20H2,1-8H3,(H,34,36,40)(H2,35,37,38,42,43)/t23-/m0/s1. The first kappa shape index (κ1) is 37.4.